The van der Waals surface area contributed by atoms with Gasteiger partial charge in [-0.15, -0.1) is 11.8 Å². The molecule has 6 heteroatoms. The van der Waals surface area contributed by atoms with E-state index in [0.29, 0.717) is 23.4 Å². The summed E-state index contributed by atoms with van der Waals surface area (Å²) in [6.07, 6.45) is 0.447. The minimum Gasteiger partial charge on any atom is -0.462 e. The number of amides is 1. The van der Waals surface area contributed by atoms with Crippen molar-refractivity contribution in [3.05, 3.63) is 41.5 Å². The van der Waals surface area contributed by atoms with E-state index in [1.54, 1.807) is 30.5 Å². The van der Waals surface area contributed by atoms with Crippen LogP contribution >= 0.6 is 11.8 Å². The van der Waals surface area contributed by atoms with Crippen LogP contribution in [0.4, 0.5) is 0 Å². The second kappa shape index (κ2) is 6.58. The Hall–Kier alpha value is -2.08. The lowest BCUT2D eigenvalue weighted by Crippen LogP contribution is -2.44. The van der Waals surface area contributed by atoms with Crippen molar-refractivity contribution in [1.82, 2.24) is 4.90 Å². The fraction of sp³-hybridized carbons (Fsp3) is 0.353. The van der Waals surface area contributed by atoms with Crippen LogP contribution in [-0.4, -0.2) is 40.3 Å². The van der Waals surface area contributed by atoms with Crippen molar-refractivity contribution in [1.29, 1.82) is 0 Å². The molecule has 0 radical (unpaired) electrons. The monoisotopic (exact) mass is 330 g/mol. The molecule has 3 rings (SSSR count). The third kappa shape index (κ3) is 2.91. The molecule has 1 aromatic carbocycles. The van der Waals surface area contributed by atoms with Crippen molar-refractivity contribution in [2.75, 3.05) is 12.4 Å². The van der Waals surface area contributed by atoms with Gasteiger partial charge in [0.1, 0.15) is 5.57 Å². The zero-order valence-electron chi connectivity index (χ0n) is 13.1. The molecule has 0 aromatic heterocycles. The summed E-state index contributed by atoms with van der Waals surface area (Å²) in [4.78, 5) is 31.2. The zero-order valence-corrected chi connectivity index (χ0v) is 13.9. The van der Waals surface area contributed by atoms with Crippen LogP contribution in [-0.2, 0) is 14.3 Å². The van der Waals surface area contributed by atoms with E-state index in [0.717, 1.165) is 11.3 Å². The molecule has 2 aliphatic heterocycles. The maximum atomic E-state index is 12.5. The summed E-state index contributed by atoms with van der Waals surface area (Å²) in [7, 11) is 0. The summed E-state index contributed by atoms with van der Waals surface area (Å²) in [6.45, 7) is 3.84. The first-order valence-electron chi connectivity index (χ1n) is 7.58. The molecule has 0 aliphatic carbocycles. The van der Waals surface area contributed by atoms with Gasteiger partial charge in [0.25, 0.3) is 0 Å². The van der Waals surface area contributed by atoms with Gasteiger partial charge in [-0.2, -0.15) is 0 Å². The maximum Gasteiger partial charge on any atom is 0.342 e. The largest absolute Gasteiger partial charge is 0.462 e. The van der Waals surface area contributed by atoms with E-state index in [9.17, 15) is 9.59 Å². The Balaban J connectivity index is 2.19. The van der Waals surface area contributed by atoms with Crippen LogP contribution < -0.4 is 0 Å². The van der Waals surface area contributed by atoms with Crippen LogP contribution in [0.25, 0.3) is 5.70 Å². The summed E-state index contributed by atoms with van der Waals surface area (Å²) >= 11 is 1.61. The second-order valence-electron chi connectivity index (χ2n) is 5.24. The molecule has 5 nitrogen and oxygen atoms in total. The molecule has 1 aromatic rings. The van der Waals surface area contributed by atoms with Crippen molar-refractivity contribution in [2.24, 2.45) is 4.99 Å². The normalized spacial score (nSPS) is 21.0. The Morgan fingerprint density at radius 2 is 2.13 bits per heavy atom. The number of benzene rings is 1. The summed E-state index contributed by atoms with van der Waals surface area (Å²) in [5.41, 5.74) is 2.13. The number of hydrogen-bond acceptors (Lipinski definition) is 5. The first-order valence-corrected chi connectivity index (χ1v) is 8.63. The highest BCUT2D eigenvalue weighted by Gasteiger charge is 2.39. The van der Waals surface area contributed by atoms with Crippen molar-refractivity contribution in [2.45, 2.75) is 25.8 Å². The van der Waals surface area contributed by atoms with E-state index in [-0.39, 0.29) is 18.0 Å². The number of nitrogens with zero attached hydrogens (tertiary/aromatic N) is 2. The molecule has 0 bridgehead atoms. The predicted octanol–water partition coefficient (Wildman–Crippen LogP) is 2.68. The smallest absolute Gasteiger partial charge is 0.342 e. The molecule has 1 amide bonds. The number of carbonyl (C=O) groups is 2. The molecule has 0 saturated carbocycles. The lowest BCUT2D eigenvalue weighted by molar-refractivity contribution is -0.137. The molecule has 2 heterocycles. The van der Waals surface area contributed by atoms with E-state index < -0.39 is 5.97 Å². The Morgan fingerprint density at radius 1 is 1.39 bits per heavy atom. The van der Waals surface area contributed by atoms with Gasteiger partial charge < -0.3 is 4.74 Å². The van der Waals surface area contributed by atoms with Gasteiger partial charge in [0, 0.05) is 12.2 Å². The van der Waals surface area contributed by atoms with Gasteiger partial charge in [-0.3, -0.25) is 14.7 Å². The first-order chi connectivity index (χ1) is 11.1. The highest BCUT2D eigenvalue weighted by molar-refractivity contribution is 8.00. The van der Waals surface area contributed by atoms with Crippen LogP contribution in [0.3, 0.4) is 0 Å². The average molecular weight is 330 g/mol. The Morgan fingerprint density at radius 3 is 2.83 bits per heavy atom. The predicted molar refractivity (Wildman–Crippen MR) is 90.8 cm³/mol. The molecule has 1 fully saturated rings. The van der Waals surface area contributed by atoms with E-state index >= 15 is 0 Å². The van der Waals surface area contributed by atoms with Crippen LogP contribution in [0.1, 0.15) is 25.8 Å². The molecular formula is C17H18N2O3S. The van der Waals surface area contributed by atoms with Crippen LogP contribution in [0, 0.1) is 0 Å². The van der Waals surface area contributed by atoms with Gasteiger partial charge >= 0.3 is 5.97 Å². The number of aliphatic imine (C=N–C) groups is 1. The summed E-state index contributed by atoms with van der Waals surface area (Å²) in [6, 6.07) is 9.49. The third-order valence-electron chi connectivity index (χ3n) is 3.74. The number of fused-ring (bicyclic) bond motifs is 1. The van der Waals surface area contributed by atoms with E-state index in [1.807, 2.05) is 30.3 Å². The lowest BCUT2D eigenvalue weighted by Gasteiger charge is -2.38. The van der Waals surface area contributed by atoms with Gasteiger partial charge in [0.2, 0.25) is 5.91 Å². The Kier molecular flexibility index (Phi) is 4.52. The standard InChI is InChI=1S/C17H18N2O3S/c1-3-22-16(21)14-11(2)18-17-19(13(20)9-10-23-17)15(14)12-7-5-4-6-8-12/h4-8,17H,3,9-10H2,1-2H3/t17-/m1/s1. The van der Waals surface area contributed by atoms with Gasteiger partial charge in [-0.25, -0.2) is 4.79 Å². The molecule has 1 saturated heterocycles. The molecular weight excluding hydrogens is 312 g/mol. The van der Waals surface area contributed by atoms with Gasteiger partial charge in [-0.1, -0.05) is 30.3 Å². The minimum absolute atomic E-state index is 0.00866. The number of hydrogen-bond donors (Lipinski definition) is 0. The average Bonchev–Trinajstić information content (AvgIpc) is 2.54. The Bertz CT molecular complexity index is 697. The lowest BCUT2D eigenvalue weighted by atomic mass is 10.00. The second-order valence-corrected chi connectivity index (χ2v) is 6.40. The van der Waals surface area contributed by atoms with Gasteiger partial charge in [0.05, 0.1) is 18.0 Å². The highest BCUT2D eigenvalue weighted by Crippen LogP contribution is 2.38. The van der Waals surface area contributed by atoms with Gasteiger partial charge in [0.15, 0.2) is 5.50 Å². The minimum atomic E-state index is -0.436. The SMILES string of the molecule is CCOC(=O)C1=C(c2ccccc2)N2C(=O)CCS[C@@H]2N=C1C. The molecule has 120 valence electrons. The maximum absolute atomic E-state index is 12.5. The number of esters is 1. The Labute approximate surface area is 139 Å². The fourth-order valence-corrected chi connectivity index (χ4v) is 3.86. The summed E-state index contributed by atoms with van der Waals surface area (Å²) < 4.78 is 5.20. The molecule has 2 aliphatic rings. The topological polar surface area (TPSA) is 59.0 Å². The highest BCUT2D eigenvalue weighted by atomic mass is 32.2. The van der Waals surface area contributed by atoms with Crippen molar-refractivity contribution < 1.29 is 14.3 Å². The molecule has 0 spiro atoms. The molecule has 1 atom stereocenters. The quantitative estimate of drug-likeness (QED) is 0.800. The fourth-order valence-electron chi connectivity index (χ4n) is 2.75. The third-order valence-corrected chi connectivity index (χ3v) is 4.80. The van der Waals surface area contributed by atoms with E-state index in [2.05, 4.69) is 4.99 Å². The number of ether oxygens (including phenoxy) is 1. The number of carbonyl (C=O) groups excluding carboxylic acids is 2. The van der Waals surface area contributed by atoms with Crippen LogP contribution in [0.5, 0.6) is 0 Å². The van der Waals surface area contributed by atoms with Gasteiger partial charge in [-0.05, 0) is 19.4 Å². The van der Waals surface area contributed by atoms with E-state index in [1.165, 1.54) is 0 Å². The van der Waals surface area contributed by atoms with Crippen molar-refractivity contribution >= 4 is 35.0 Å². The van der Waals surface area contributed by atoms with Crippen molar-refractivity contribution in [3.63, 3.8) is 0 Å². The first kappa shape index (κ1) is 15.8. The van der Waals surface area contributed by atoms with Crippen molar-refractivity contribution in [3.8, 4) is 0 Å². The molecule has 0 unspecified atom stereocenters. The van der Waals surface area contributed by atoms with Crippen LogP contribution in [0.15, 0.2) is 40.9 Å². The molecule has 23 heavy (non-hydrogen) atoms. The summed E-state index contributed by atoms with van der Waals surface area (Å²) in [5.74, 6) is 0.299. The molecule has 0 N–H and O–H groups in total. The van der Waals surface area contributed by atoms with E-state index in [4.69, 9.17) is 4.74 Å². The number of rotatable bonds is 3. The number of thioether (sulfide) groups is 1. The zero-order chi connectivity index (χ0) is 16.4. The summed E-state index contributed by atoms with van der Waals surface area (Å²) in [5, 5.41) is 0. The van der Waals surface area contributed by atoms with Crippen LogP contribution in [0.2, 0.25) is 0 Å².